The minimum atomic E-state index is -1.29. The fraction of sp³-hybridized carbons (Fsp3) is 0.391. The van der Waals surface area contributed by atoms with Crippen LogP contribution in [0.25, 0.3) is 0 Å². The zero-order valence-electron chi connectivity index (χ0n) is 17.7. The van der Waals surface area contributed by atoms with Crippen molar-refractivity contribution in [3.63, 3.8) is 0 Å². The number of hydrogen-bond donors (Lipinski definition) is 1. The number of ether oxygens (including phenoxy) is 4. The summed E-state index contributed by atoms with van der Waals surface area (Å²) in [5.74, 6) is 0.540. The molecule has 0 saturated carbocycles. The molecule has 7 heteroatoms. The van der Waals surface area contributed by atoms with E-state index >= 15 is 0 Å². The first-order valence-corrected chi connectivity index (χ1v) is 9.88. The van der Waals surface area contributed by atoms with Crippen molar-refractivity contribution in [2.24, 2.45) is 0 Å². The lowest BCUT2D eigenvalue weighted by Gasteiger charge is -2.33. The Morgan fingerprint density at radius 3 is 2.40 bits per heavy atom. The number of fused-ring (bicyclic) bond motifs is 1. The van der Waals surface area contributed by atoms with E-state index in [0.29, 0.717) is 23.6 Å². The molecule has 0 radical (unpaired) electrons. The maximum Gasteiger partial charge on any atom is 0.516 e. The lowest BCUT2D eigenvalue weighted by atomic mass is 9.83. The predicted molar refractivity (Wildman–Crippen MR) is 110 cm³/mol. The summed E-state index contributed by atoms with van der Waals surface area (Å²) in [6.07, 6.45) is -0.792. The molecule has 0 spiro atoms. The van der Waals surface area contributed by atoms with E-state index in [9.17, 15) is 9.59 Å². The maximum atomic E-state index is 13.3. The van der Waals surface area contributed by atoms with E-state index in [1.54, 1.807) is 26.8 Å². The number of hydrogen-bond acceptors (Lipinski definition) is 7. The van der Waals surface area contributed by atoms with Crippen molar-refractivity contribution in [2.75, 3.05) is 13.3 Å². The van der Waals surface area contributed by atoms with Crippen LogP contribution < -0.4 is 14.8 Å². The normalized spacial score (nSPS) is 14.7. The van der Waals surface area contributed by atoms with Crippen molar-refractivity contribution in [3.05, 3.63) is 59.7 Å². The molecule has 7 nitrogen and oxygen atoms in total. The van der Waals surface area contributed by atoms with Crippen molar-refractivity contribution in [2.45, 2.75) is 45.3 Å². The summed E-state index contributed by atoms with van der Waals surface area (Å²) in [4.78, 5) is 25.6. The first kappa shape index (κ1) is 21.6. The fourth-order valence-electron chi connectivity index (χ4n) is 3.34. The van der Waals surface area contributed by atoms with E-state index in [1.165, 1.54) is 0 Å². The van der Waals surface area contributed by atoms with Crippen molar-refractivity contribution in [3.8, 4) is 11.5 Å². The number of nitrogens with one attached hydrogen (secondary N) is 1. The summed E-state index contributed by atoms with van der Waals surface area (Å²) in [6.45, 7) is 7.65. The number of carbonyl (C=O) groups is 2. The summed E-state index contributed by atoms with van der Waals surface area (Å²) in [7, 11) is 0. The van der Waals surface area contributed by atoms with Crippen molar-refractivity contribution >= 4 is 12.1 Å². The van der Waals surface area contributed by atoms with Gasteiger partial charge in [-0.3, -0.25) is 5.32 Å². The minimum Gasteiger partial charge on any atom is -0.454 e. The topological polar surface area (TPSA) is 83.1 Å². The van der Waals surface area contributed by atoms with Crippen LogP contribution in [-0.4, -0.2) is 31.1 Å². The molecular weight excluding hydrogens is 386 g/mol. The van der Waals surface area contributed by atoms with Crippen molar-refractivity contribution in [1.29, 1.82) is 0 Å². The summed E-state index contributed by atoms with van der Waals surface area (Å²) in [5, 5.41) is 3.24. The van der Waals surface area contributed by atoms with Crippen LogP contribution in [0.1, 0.15) is 38.8 Å². The zero-order chi connectivity index (χ0) is 21.8. The first-order chi connectivity index (χ1) is 14.2. The van der Waals surface area contributed by atoms with E-state index in [0.717, 1.165) is 5.56 Å². The van der Waals surface area contributed by atoms with E-state index in [-0.39, 0.29) is 13.2 Å². The third-order valence-corrected chi connectivity index (χ3v) is 4.57. The van der Waals surface area contributed by atoms with Crippen LogP contribution in [0.4, 0.5) is 4.79 Å². The standard InChI is InChI=1S/C23H27NO6/c1-5-24-23(17-9-7-6-8-10-17,20(25)29-21(26)30-22(2,3)4)14-16-11-12-18-19(13-16)28-15-27-18/h6-13,24H,5,14-15H2,1-4H3/t23-/m1/s1. The van der Waals surface area contributed by atoms with Gasteiger partial charge in [-0.05, 0) is 50.6 Å². The van der Waals surface area contributed by atoms with Crippen molar-refractivity contribution < 1.29 is 28.5 Å². The second-order valence-electron chi connectivity index (χ2n) is 8.02. The average Bonchev–Trinajstić information content (AvgIpc) is 3.14. The van der Waals surface area contributed by atoms with Gasteiger partial charge in [0.15, 0.2) is 11.5 Å². The van der Waals surface area contributed by atoms with Gasteiger partial charge < -0.3 is 18.9 Å². The van der Waals surface area contributed by atoms with Gasteiger partial charge in [-0.25, -0.2) is 9.59 Å². The molecule has 2 aromatic carbocycles. The fourth-order valence-corrected chi connectivity index (χ4v) is 3.34. The lowest BCUT2D eigenvalue weighted by Crippen LogP contribution is -2.52. The Morgan fingerprint density at radius 2 is 1.73 bits per heavy atom. The molecule has 0 fully saturated rings. The highest BCUT2D eigenvalue weighted by atomic mass is 16.7. The summed E-state index contributed by atoms with van der Waals surface area (Å²) in [6, 6.07) is 14.7. The van der Waals surface area contributed by atoms with Gasteiger partial charge in [0.25, 0.3) is 0 Å². The second-order valence-corrected chi connectivity index (χ2v) is 8.02. The van der Waals surface area contributed by atoms with Crippen LogP contribution in [0.15, 0.2) is 48.5 Å². The Bertz CT molecular complexity index is 906. The summed E-state index contributed by atoms with van der Waals surface area (Å²) in [5.41, 5.74) is -0.564. The van der Waals surface area contributed by atoms with E-state index in [2.05, 4.69) is 5.32 Å². The first-order valence-electron chi connectivity index (χ1n) is 9.88. The third-order valence-electron chi connectivity index (χ3n) is 4.57. The van der Waals surface area contributed by atoms with Gasteiger partial charge in [-0.2, -0.15) is 0 Å². The molecule has 30 heavy (non-hydrogen) atoms. The monoisotopic (exact) mass is 413 g/mol. The molecule has 1 atom stereocenters. The van der Waals surface area contributed by atoms with Gasteiger partial charge >= 0.3 is 12.1 Å². The molecule has 1 N–H and O–H groups in total. The second kappa shape index (κ2) is 8.75. The number of carbonyl (C=O) groups excluding carboxylic acids is 2. The van der Waals surface area contributed by atoms with Crippen LogP contribution in [0, 0.1) is 0 Å². The predicted octanol–water partition coefficient (Wildman–Crippen LogP) is 3.94. The third kappa shape index (κ3) is 4.91. The van der Waals surface area contributed by atoms with Crippen LogP contribution in [0.5, 0.6) is 11.5 Å². The maximum absolute atomic E-state index is 13.3. The van der Waals surface area contributed by atoms with Gasteiger partial charge in [0.05, 0.1) is 0 Å². The number of esters is 1. The Hall–Kier alpha value is -3.06. The molecule has 0 bridgehead atoms. The van der Waals surface area contributed by atoms with Gasteiger partial charge in [0.2, 0.25) is 6.79 Å². The SMILES string of the molecule is CCN[C@@](Cc1ccc2c(c1)OCO2)(C(=O)OC(=O)OC(C)(C)C)c1ccccc1. The highest BCUT2D eigenvalue weighted by Gasteiger charge is 2.43. The van der Waals surface area contributed by atoms with Crippen LogP contribution in [-0.2, 0) is 26.2 Å². The smallest absolute Gasteiger partial charge is 0.454 e. The van der Waals surface area contributed by atoms with E-state index < -0.39 is 23.3 Å². The number of benzene rings is 2. The molecule has 2 aromatic rings. The number of rotatable bonds is 6. The van der Waals surface area contributed by atoms with Crippen LogP contribution >= 0.6 is 0 Å². The molecule has 0 aliphatic carbocycles. The highest BCUT2D eigenvalue weighted by Crippen LogP contribution is 2.35. The lowest BCUT2D eigenvalue weighted by molar-refractivity contribution is -0.149. The average molecular weight is 413 g/mol. The Labute approximate surface area is 176 Å². The Balaban J connectivity index is 1.97. The van der Waals surface area contributed by atoms with Gasteiger partial charge in [-0.15, -0.1) is 0 Å². The molecular formula is C23H27NO6. The molecule has 1 aliphatic rings. The summed E-state index contributed by atoms with van der Waals surface area (Å²) < 4.78 is 21.2. The van der Waals surface area contributed by atoms with Crippen LogP contribution in [0.2, 0.25) is 0 Å². The molecule has 3 rings (SSSR count). The van der Waals surface area contributed by atoms with E-state index in [1.807, 2.05) is 49.4 Å². The molecule has 0 unspecified atom stereocenters. The number of likely N-dealkylation sites (N-methyl/N-ethyl adjacent to an activating group) is 1. The highest BCUT2D eigenvalue weighted by molar-refractivity contribution is 5.90. The van der Waals surface area contributed by atoms with Gasteiger partial charge in [0.1, 0.15) is 11.1 Å². The van der Waals surface area contributed by atoms with E-state index in [4.69, 9.17) is 18.9 Å². The van der Waals surface area contributed by atoms with Gasteiger partial charge in [0, 0.05) is 6.42 Å². The van der Waals surface area contributed by atoms with Crippen molar-refractivity contribution in [1.82, 2.24) is 5.32 Å². The molecule has 0 aromatic heterocycles. The quantitative estimate of drug-likeness (QED) is 0.567. The van der Waals surface area contributed by atoms with Gasteiger partial charge in [-0.1, -0.05) is 43.3 Å². The largest absolute Gasteiger partial charge is 0.516 e. The molecule has 1 aliphatic heterocycles. The molecule has 0 saturated heterocycles. The molecule has 1 heterocycles. The minimum absolute atomic E-state index is 0.163. The summed E-state index contributed by atoms with van der Waals surface area (Å²) >= 11 is 0. The zero-order valence-corrected chi connectivity index (χ0v) is 17.7. The Morgan fingerprint density at radius 1 is 1.03 bits per heavy atom. The molecule has 160 valence electrons. The molecule has 0 amide bonds. The van der Waals surface area contributed by atoms with Crippen LogP contribution in [0.3, 0.4) is 0 Å². The Kier molecular flexibility index (Phi) is 6.31.